The van der Waals surface area contributed by atoms with Crippen molar-refractivity contribution in [1.29, 1.82) is 0 Å². The van der Waals surface area contributed by atoms with Crippen LogP contribution in [0, 0.1) is 6.92 Å². The lowest BCUT2D eigenvalue weighted by molar-refractivity contribution is 0.0723. The number of amides is 1. The van der Waals surface area contributed by atoms with E-state index in [9.17, 15) is 18.3 Å². The molecular weight excluding hydrogens is 348 g/mol. The van der Waals surface area contributed by atoms with Crippen LogP contribution in [-0.2, 0) is 14.8 Å². The highest BCUT2D eigenvalue weighted by Crippen LogP contribution is 2.25. The van der Waals surface area contributed by atoms with Crippen LogP contribution in [0.5, 0.6) is 5.75 Å². The summed E-state index contributed by atoms with van der Waals surface area (Å²) in [6, 6.07) is 7.29. The lowest BCUT2D eigenvalue weighted by atomic mass is 10.2. The van der Waals surface area contributed by atoms with E-state index in [1.54, 1.807) is 12.1 Å². The van der Waals surface area contributed by atoms with Gasteiger partial charge in [0, 0.05) is 13.1 Å². The Morgan fingerprint density at radius 3 is 2.64 bits per heavy atom. The minimum absolute atomic E-state index is 0.0910. The number of phenolic OH excluding ortho intramolecular Hbond substituents is 1. The topological polar surface area (TPSA) is 109 Å². The Hall–Kier alpha value is -2.36. The fourth-order valence-electron chi connectivity index (χ4n) is 2.43. The maximum atomic E-state index is 12.5. The van der Waals surface area contributed by atoms with Crippen LogP contribution >= 0.6 is 0 Å². The average molecular weight is 366 g/mol. The fraction of sp³-hybridized carbons (Fsp3) is 0.312. The van der Waals surface area contributed by atoms with Crippen molar-refractivity contribution in [2.45, 2.75) is 12.0 Å². The number of carbonyl (C=O) groups excluding carboxylic acids is 1. The molecule has 0 bridgehead atoms. The van der Waals surface area contributed by atoms with Crippen LogP contribution in [0.15, 0.2) is 39.8 Å². The van der Waals surface area contributed by atoms with Crippen LogP contribution < -0.4 is 5.32 Å². The number of hydrogen-bond donors (Lipinski definition) is 2. The number of nitrogens with zero attached hydrogens (tertiary/aromatic N) is 1. The Bertz CT molecular complexity index is 884. The predicted molar refractivity (Wildman–Crippen MR) is 89.1 cm³/mol. The SMILES string of the molecule is Cc1ccc(O)c(NC(=O)c2ccc(S(=O)(=O)N3CCOCC3)o2)c1. The number of carbonyl (C=O) groups is 1. The van der Waals surface area contributed by atoms with Crippen molar-refractivity contribution >= 4 is 21.6 Å². The molecule has 0 saturated carbocycles. The molecule has 134 valence electrons. The van der Waals surface area contributed by atoms with Gasteiger partial charge in [0.2, 0.25) is 5.09 Å². The van der Waals surface area contributed by atoms with E-state index in [1.807, 2.05) is 6.92 Å². The van der Waals surface area contributed by atoms with E-state index >= 15 is 0 Å². The number of aryl methyl sites for hydroxylation is 1. The zero-order valence-corrected chi connectivity index (χ0v) is 14.4. The van der Waals surface area contributed by atoms with Crippen LogP contribution in [0.2, 0.25) is 0 Å². The largest absolute Gasteiger partial charge is 0.506 e. The van der Waals surface area contributed by atoms with Crippen LogP contribution in [0.3, 0.4) is 0 Å². The van der Waals surface area contributed by atoms with Gasteiger partial charge in [0.05, 0.1) is 18.9 Å². The molecule has 0 radical (unpaired) electrons. The first kappa shape index (κ1) is 17.5. The maximum Gasteiger partial charge on any atom is 0.291 e. The van der Waals surface area contributed by atoms with Gasteiger partial charge in [-0.3, -0.25) is 4.79 Å². The summed E-state index contributed by atoms with van der Waals surface area (Å²) in [5.74, 6) is -0.899. The minimum Gasteiger partial charge on any atom is -0.506 e. The summed E-state index contributed by atoms with van der Waals surface area (Å²) in [5, 5.41) is 12.0. The van der Waals surface area contributed by atoms with E-state index in [0.717, 1.165) is 5.56 Å². The Kier molecular flexibility index (Phi) is 4.80. The van der Waals surface area contributed by atoms with Crippen LogP contribution in [0.4, 0.5) is 5.69 Å². The zero-order valence-electron chi connectivity index (χ0n) is 13.6. The molecule has 2 heterocycles. The smallest absolute Gasteiger partial charge is 0.291 e. The van der Waals surface area contributed by atoms with Gasteiger partial charge < -0.3 is 19.6 Å². The molecule has 1 aliphatic heterocycles. The summed E-state index contributed by atoms with van der Waals surface area (Å²) < 4.78 is 36.6. The monoisotopic (exact) mass is 366 g/mol. The van der Waals surface area contributed by atoms with Gasteiger partial charge in [-0.05, 0) is 36.8 Å². The summed E-state index contributed by atoms with van der Waals surface area (Å²) in [7, 11) is -3.81. The number of aromatic hydroxyl groups is 1. The van der Waals surface area contributed by atoms with Crippen molar-refractivity contribution in [1.82, 2.24) is 4.31 Å². The first-order valence-corrected chi connectivity index (χ1v) is 9.10. The van der Waals surface area contributed by atoms with Crippen molar-refractivity contribution in [3.8, 4) is 5.75 Å². The molecule has 9 heteroatoms. The predicted octanol–water partition coefficient (Wildman–Crippen LogP) is 1.57. The highest BCUT2D eigenvalue weighted by molar-refractivity contribution is 7.89. The average Bonchev–Trinajstić information content (AvgIpc) is 3.10. The van der Waals surface area contributed by atoms with E-state index in [-0.39, 0.29) is 35.4 Å². The third-order valence-electron chi connectivity index (χ3n) is 3.77. The van der Waals surface area contributed by atoms with Crippen molar-refractivity contribution < 1.29 is 27.5 Å². The van der Waals surface area contributed by atoms with Gasteiger partial charge in [-0.1, -0.05) is 6.07 Å². The van der Waals surface area contributed by atoms with Crippen molar-refractivity contribution in [3.05, 3.63) is 41.7 Å². The molecule has 2 N–H and O–H groups in total. The Morgan fingerprint density at radius 2 is 1.92 bits per heavy atom. The van der Waals surface area contributed by atoms with Gasteiger partial charge in [-0.25, -0.2) is 8.42 Å². The van der Waals surface area contributed by atoms with Gasteiger partial charge in [-0.2, -0.15) is 4.31 Å². The lowest BCUT2D eigenvalue weighted by Gasteiger charge is -2.24. The number of benzene rings is 1. The number of rotatable bonds is 4. The van der Waals surface area contributed by atoms with Gasteiger partial charge in [0.25, 0.3) is 15.9 Å². The normalized spacial score (nSPS) is 15.9. The summed E-state index contributed by atoms with van der Waals surface area (Å²) in [6.45, 7) is 2.93. The molecule has 1 aliphatic rings. The minimum atomic E-state index is -3.81. The molecule has 1 fully saturated rings. The molecule has 0 aliphatic carbocycles. The number of nitrogens with one attached hydrogen (secondary N) is 1. The maximum absolute atomic E-state index is 12.5. The number of phenols is 1. The number of morpholine rings is 1. The molecule has 1 amide bonds. The molecular formula is C16H18N2O6S. The van der Waals surface area contributed by atoms with Crippen molar-refractivity contribution in [3.63, 3.8) is 0 Å². The standard InChI is InChI=1S/C16H18N2O6S/c1-11-2-3-13(19)12(10-11)17-16(20)14-4-5-15(24-14)25(21,22)18-6-8-23-9-7-18/h2-5,10,19H,6-9H2,1H3,(H,17,20). The van der Waals surface area contributed by atoms with E-state index in [0.29, 0.717) is 13.2 Å². The molecule has 1 aromatic carbocycles. The van der Waals surface area contributed by atoms with Crippen LogP contribution in [-0.4, -0.2) is 50.0 Å². The fourth-order valence-corrected chi connectivity index (χ4v) is 3.75. The Morgan fingerprint density at radius 1 is 1.20 bits per heavy atom. The van der Waals surface area contributed by atoms with E-state index in [4.69, 9.17) is 9.15 Å². The lowest BCUT2D eigenvalue weighted by Crippen LogP contribution is -2.40. The summed E-state index contributed by atoms with van der Waals surface area (Å²) in [4.78, 5) is 12.2. The molecule has 0 spiro atoms. The first-order valence-electron chi connectivity index (χ1n) is 7.66. The second-order valence-corrected chi connectivity index (χ2v) is 7.48. The summed E-state index contributed by atoms with van der Waals surface area (Å²) >= 11 is 0. The number of furan rings is 1. The molecule has 1 aromatic heterocycles. The van der Waals surface area contributed by atoms with E-state index < -0.39 is 15.9 Å². The van der Waals surface area contributed by atoms with Gasteiger partial charge >= 0.3 is 0 Å². The molecule has 3 rings (SSSR count). The van der Waals surface area contributed by atoms with Gasteiger partial charge in [0.15, 0.2) is 5.76 Å². The third-order valence-corrected chi connectivity index (χ3v) is 5.54. The number of ether oxygens (including phenoxy) is 1. The molecule has 8 nitrogen and oxygen atoms in total. The van der Waals surface area contributed by atoms with Gasteiger partial charge in [-0.15, -0.1) is 0 Å². The van der Waals surface area contributed by atoms with Gasteiger partial charge in [0.1, 0.15) is 5.75 Å². The third kappa shape index (κ3) is 3.68. The Labute approximate surface area is 145 Å². The van der Waals surface area contributed by atoms with Crippen LogP contribution in [0.25, 0.3) is 0 Å². The van der Waals surface area contributed by atoms with Crippen molar-refractivity contribution in [2.24, 2.45) is 0 Å². The number of anilines is 1. The number of hydrogen-bond acceptors (Lipinski definition) is 6. The summed E-state index contributed by atoms with van der Waals surface area (Å²) in [6.07, 6.45) is 0. The molecule has 25 heavy (non-hydrogen) atoms. The molecule has 2 aromatic rings. The highest BCUT2D eigenvalue weighted by Gasteiger charge is 2.30. The second-order valence-electron chi connectivity index (χ2n) is 5.61. The highest BCUT2D eigenvalue weighted by atomic mass is 32.2. The summed E-state index contributed by atoms with van der Waals surface area (Å²) in [5.41, 5.74) is 1.07. The molecule has 0 unspecified atom stereocenters. The zero-order chi connectivity index (χ0) is 18.0. The number of sulfonamides is 1. The van der Waals surface area contributed by atoms with E-state index in [2.05, 4.69) is 5.32 Å². The van der Waals surface area contributed by atoms with Crippen molar-refractivity contribution in [2.75, 3.05) is 31.6 Å². The van der Waals surface area contributed by atoms with E-state index in [1.165, 1.54) is 22.5 Å². The quantitative estimate of drug-likeness (QED) is 0.795. The van der Waals surface area contributed by atoms with Crippen LogP contribution in [0.1, 0.15) is 16.1 Å². The second kappa shape index (κ2) is 6.87. The Balaban J connectivity index is 1.78. The first-order chi connectivity index (χ1) is 11.9. The molecule has 0 atom stereocenters. The molecule has 1 saturated heterocycles.